The van der Waals surface area contributed by atoms with E-state index in [0.29, 0.717) is 12.5 Å². The number of rotatable bonds is 5. The summed E-state index contributed by atoms with van der Waals surface area (Å²) in [4.78, 5) is 12.0. The minimum atomic E-state index is -0.174. The van der Waals surface area contributed by atoms with E-state index in [1.165, 1.54) is 0 Å². The first-order valence-corrected chi connectivity index (χ1v) is 7.00. The molecule has 0 radical (unpaired) electrons. The molecule has 1 aliphatic heterocycles. The fourth-order valence-electron chi connectivity index (χ4n) is 2.06. The van der Waals surface area contributed by atoms with Crippen LogP contribution in [-0.2, 0) is 14.3 Å². The smallest absolute Gasteiger partial charge is 0.313 e. The molecule has 0 spiro atoms. The summed E-state index contributed by atoms with van der Waals surface area (Å²) < 4.78 is 11.4. The number of benzene rings is 1. The molecule has 0 aliphatic carbocycles. The Labute approximate surface area is 116 Å². The van der Waals surface area contributed by atoms with Gasteiger partial charge in [-0.1, -0.05) is 28.1 Å². The molecule has 1 aliphatic rings. The Bertz CT molecular complexity index is 398. The van der Waals surface area contributed by atoms with Crippen LogP contribution in [0.3, 0.4) is 0 Å². The zero-order chi connectivity index (χ0) is 13.0. The highest BCUT2D eigenvalue weighted by Crippen LogP contribution is 2.29. The van der Waals surface area contributed by atoms with E-state index in [-0.39, 0.29) is 11.9 Å². The van der Waals surface area contributed by atoms with Gasteiger partial charge in [0.25, 0.3) is 0 Å². The molecule has 2 rings (SSSR count). The van der Waals surface area contributed by atoms with Gasteiger partial charge in [0.2, 0.25) is 0 Å². The summed E-state index contributed by atoms with van der Waals surface area (Å²) in [5.41, 5.74) is 1.02. The molecule has 0 saturated carbocycles. The van der Waals surface area contributed by atoms with Crippen LogP contribution < -0.4 is 0 Å². The lowest BCUT2D eigenvalue weighted by atomic mass is 9.88. The lowest BCUT2D eigenvalue weighted by Gasteiger charge is -2.29. The molecule has 1 aromatic carbocycles. The summed E-state index contributed by atoms with van der Waals surface area (Å²) in [6.07, 6.45) is 0.806. The van der Waals surface area contributed by atoms with Crippen LogP contribution >= 0.6 is 15.9 Å². The van der Waals surface area contributed by atoms with E-state index in [1.807, 2.05) is 31.2 Å². The molecule has 3 nitrogen and oxygen atoms in total. The molecule has 0 aromatic heterocycles. The van der Waals surface area contributed by atoms with Crippen LogP contribution in [0.1, 0.15) is 24.8 Å². The van der Waals surface area contributed by atoms with Crippen molar-refractivity contribution in [2.75, 3.05) is 19.8 Å². The topological polar surface area (TPSA) is 35.5 Å². The molecule has 1 unspecified atom stereocenters. The van der Waals surface area contributed by atoms with Crippen molar-refractivity contribution in [3.63, 3.8) is 0 Å². The second-order valence-corrected chi connectivity index (χ2v) is 5.41. The van der Waals surface area contributed by atoms with E-state index in [2.05, 4.69) is 15.9 Å². The molecule has 1 saturated heterocycles. The van der Waals surface area contributed by atoms with Crippen LogP contribution in [-0.4, -0.2) is 25.8 Å². The first kappa shape index (κ1) is 13.6. The van der Waals surface area contributed by atoms with Crippen LogP contribution in [0.15, 0.2) is 28.7 Å². The summed E-state index contributed by atoms with van der Waals surface area (Å²) >= 11 is 3.40. The van der Waals surface area contributed by atoms with Gasteiger partial charge in [-0.15, -0.1) is 0 Å². The number of esters is 1. The van der Waals surface area contributed by atoms with Gasteiger partial charge in [0.1, 0.15) is 0 Å². The van der Waals surface area contributed by atoms with E-state index >= 15 is 0 Å². The van der Waals surface area contributed by atoms with E-state index in [0.717, 1.165) is 29.7 Å². The van der Waals surface area contributed by atoms with Crippen molar-refractivity contribution in [3.05, 3.63) is 34.3 Å². The third-order valence-electron chi connectivity index (χ3n) is 3.12. The standard InChI is InChI=1S/C14H17BrO3/c1-2-18-14(16)13(7-10-8-17-9-10)11-3-5-12(15)6-4-11/h3-6,10,13H,2,7-9H2,1H3. The van der Waals surface area contributed by atoms with E-state index < -0.39 is 0 Å². The van der Waals surface area contributed by atoms with Gasteiger partial charge in [-0.05, 0) is 31.0 Å². The zero-order valence-corrected chi connectivity index (χ0v) is 12.0. The van der Waals surface area contributed by atoms with Crippen molar-refractivity contribution in [2.45, 2.75) is 19.3 Å². The molecule has 98 valence electrons. The van der Waals surface area contributed by atoms with E-state index in [1.54, 1.807) is 0 Å². The Hall–Kier alpha value is -0.870. The molecule has 0 amide bonds. The SMILES string of the molecule is CCOC(=O)C(CC1COC1)c1ccc(Br)cc1. The molecule has 0 N–H and O–H groups in total. The van der Waals surface area contributed by atoms with Crippen molar-refractivity contribution >= 4 is 21.9 Å². The summed E-state index contributed by atoms with van der Waals surface area (Å²) in [6.45, 7) is 3.77. The maximum absolute atomic E-state index is 12.0. The predicted molar refractivity (Wildman–Crippen MR) is 72.4 cm³/mol. The largest absolute Gasteiger partial charge is 0.466 e. The number of ether oxygens (including phenoxy) is 2. The van der Waals surface area contributed by atoms with Gasteiger partial charge in [0.05, 0.1) is 25.7 Å². The molecule has 1 atom stereocenters. The highest BCUT2D eigenvalue weighted by atomic mass is 79.9. The number of carbonyl (C=O) groups excluding carboxylic acids is 1. The van der Waals surface area contributed by atoms with Gasteiger partial charge in [0, 0.05) is 10.4 Å². The highest BCUT2D eigenvalue weighted by molar-refractivity contribution is 9.10. The van der Waals surface area contributed by atoms with E-state index in [9.17, 15) is 4.79 Å². The van der Waals surface area contributed by atoms with Crippen molar-refractivity contribution in [1.82, 2.24) is 0 Å². The molecular weight excluding hydrogens is 296 g/mol. The van der Waals surface area contributed by atoms with Crippen LogP contribution in [0.5, 0.6) is 0 Å². The van der Waals surface area contributed by atoms with Crippen LogP contribution in [0.2, 0.25) is 0 Å². The Balaban J connectivity index is 2.11. The quantitative estimate of drug-likeness (QED) is 0.784. The van der Waals surface area contributed by atoms with Crippen molar-refractivity contribution in [1.29, 1.82) is 0 Å². The summed E-state index contributed by atoms with van der Waals surface area (Å²) in [7, 11) is 0. The first-order valence-electron chi connectivity index (χ1n) is 6.20. The zero-order valence-electron chi connectivity index (χ0n) is 10.4. The maximum Gasteiger partial charge on any atom is 0.313 e. The Kier molecular flexibility index (Phi) is 4.78. The lowest BCUT2D eigenvalue weighted by molar-refractivity contribution is -0.146. The van der Waals surface area contributed by atoms with Crippen LogP contribution in [0.4, 0.5) is 0 Å². The van der Waals surface area contributed by atoms with Gasteiger partial charge in [0.15, 0.2) is 0 Å². The summed E-state index contributed by atoms with van der Waals surface area (Å²) in [5.74, 6) is 0.168. The lowest BCUT2D eigenvalue weighted by Crippen LogP contribution is -2.31. The minimum Gasteiger partial charge on any atom is -0.466 e. The van der Waals surface area contributed by atoms with Crippen LogP contribution in [0.25, 0.3) is 0 Å². The first-order chi connectivity index (χ1) is 8.70. The van der Waals surface area contributed by atoms with Crippen molar-refractivity contribution in [3.8, 4) is 0 Å². The fourth-order valence-corrected chi connectivity index (χ4v) is 2.32. The fraction of sp³-hybridized carbons (Fsp3) is 0.500. The average molecular weight is 313 g/mol. The van der Waals surface area contributed by atoms with Gasteiger partial charge >= 0.3 is 5.97 Å². The molecule has 4 heteroatoms. The number of hydrogen-bond donors (Lipinski definition) is 0. The average Bonchev–Trinajstić information content (AvgIpc) is 2.30. The predicted octanol–water partition coefficient (Wildman–Crippen LogP) is 3.13. The van der Waals surface area contributed by atoms with Crippen LogP contribution in [0, 0.1) is 5.92 Å². The molecular formula is C14H17BrO3. The van der Waals surface area contributed by atoms with Gasteiger partial charge in [-0.3, -0.25) is 4.79 Å². The Morgan fingerprint density at radius 3 is 2.61 bits per heavy atom. The second-order valence-electron chi connectivity index (χ2n) is 4.50. The normalized spacial score (nSPS) is 17.0. The second kappa shape index (κ2) is 6.34. The van der Waals surface area contributed by atoms with Gasteiger partial charge in [-0.2, -0.15) is 0 Å². The minimum absolute atomic E-state index is 0.133. The molecule has 1 fully saturated rings. The summed E-state index contributed by atoms with van der Waals surface area (Å²) in [5, 5.41) is 0. The highest BCUT2D eigenvalue weighted by Gasteiger charge is 2.29. The maximum atomic E-state index is 12.0. The van der Waals surface area contributed by atoms with Gasteiger partial charge in [-0.25, -0.2) is 0 Å². The summed E-state index contributed by atoms with van der Waals surface area (Å²) in [6, 6.07) is 7.87. The molecule has 1 heterocycles. The Morgan fingerprint density at radius 1 is 1.44 bits per heavy atom. The third-order valence-corrected chi connectivity index (χ3v) is 3.65. The third kappa shape index (κ3) is 3.33. The van der Waals surface area contributed by atoms with Gasteiger partial charge < -0.3 is 9.47 Å². The molecule has 0 bridgehead atoms. The molecule has 18 heavy (non-hydrogen) atoms. The van der Waals surface area contributed by atoms with E-state index in [4.69, 9.17) is 9.47 Å². The van der Waals surface area contributed by atoms with Crippen molar-refractivity contribution in [2.24, 2.45) is 5.92 Å². The monoisotopic (exact) mass is 312 g/mol. The number of carbonyl (C=O) groups is 1. The van der Waals surface area contributed by atoms with Crippen molar-refractivity contribution < 1.29 is 14.3 Å². The number of hydrogen-bond acceptors (Lipinski definition) is 3. The number of halogens is 1. The molecule has 1 aromatic rings. The Morgan fingerprint density at radius 2 is 2.11 bits per heavy atom.